The van der Waals surface area contributed by atoms with Gasteiger partial charge in [0.25, 0.3) is 0 Å². The number of methoxy groups -OCH3 is 1. The van der Waals surface area contributed by atoms with Gasteiger partial charge in [0.2, 0.25) is 0 Å². The van der Waals surface area contributed by atoms with Crippen LogP contribution in [0.15, 0.2) is 35.6 Å². The number of aromatic nitrogens is 2. The van der Waals surface area contributed by atoms with Crippen LogP contribution in [0.4, 0.5) is 0 Å². The van der Waals surface area contributed by atoms with Gasteiger partial charge in [-0.25, -0.2) is 14.8 Å². The molecule has 0 atom stereocenters. The van der Waals surface area contributed by atoms with Gasteiger partial charge in [-0.1, -0.05) is 11.8 Å². The van der Waals surface area contributed by atoms with Crippen LogP contribution in [0.2, 0.25) is 0 Å². The van der Waals surface area contributed by atoms with Crippen LogP contribution in [0.25, 0.3) is 17.3 Å². The second-order valence-electron chi connectivity index (χ2n) is 5.13. The topological polar surface area (TPSA) is 75.6 Å². The van der Waals surface area contributed by atoms with Gasteiger partial charge >= 0.3 is 5.97 Å². The van der Waals surface area contributed by atoms with Crippen molar-refractivity contribution in [2.75, 3.05) is 27.5 Å². The van der Waals surface area contributed by atoms with Gasteiger partial charge in [0.15, 0.2) is 5.16 Å². The quantitative estimate of drug-likeness (QED) is 0.637. The number of thioether (sulfide) groups is 1. The zero-order chi connectivity index (χ0) is 17.7. The molecule has 0 aliphatic carbocycles. The molecule has 0 amide bonds. The van der Waals surface area contributed by atoms with E-state index in [1.54, 1.807) is 43.7 Å². The average Bonchev–Trinajstić information content (AvgIpc) is 2.58. The molecule has 24 heavy (non-hydrogen) atoms. The van der Waals surface area contributed by atoms with Gasteiger partial charge in [-0.3, -0.25) is 0 Å². The summed E-state index contributed by atoms with van der Waals surface area (Å²) < 4.78 is 5.15. The number of nitrogens with zero attached hydrogens (tertiary/aromatic N) is 3. The molecule has 0 aliphatic rings. The van der Waals surface area contributed by atoms with Crippen LogP contribution in [-0.4, -0.2) is 53.4 Å². The number of hydrogen-bond donors (Lipinski definition) is 1. The zero-order valence-electron chi connectivity index (χ0n) is 14.0. The minimum Gasteiger partial charge on any atom is -0.497 e. The molecule has 0 bridgehead atoms. The van der Waals surface area contributed by atoms with Crippen molar-refractivity contribution < 1.29 is 14.6 Å². The monoisotopic (exact) mass is 345 g/mol. The van der Waals surface area contributed by atoms with E-state index in [1.165, 1.54) is 11.8 Å². The number of rotatable bonds is 6. The summed E-state index contributed by atoms with van der Waals surface area (Å²) in [5.74, 6) is -0.366. The smallest absolute Gasteiger partial charge is 0.340 e. The number of carboxylic acid groups (broad SMARTS) is 1. The predicted molar refractivity (Wildman–Crippen MR) is 95.5 cm³/mol. The summed E-state index contributed by atoms with van der Waals surface area (Å²) in [6.07, 6.45) is 5.29. The molecule has 2 rings (SSSR count). The van der Waals surface area contributed by atoms with Crippen molar-refractivity contribution in [1.82, 2.24) is 14.9 Å². The zero-order valence-corrected chi connectivity index (χ0v) is 14.8. The highest BCUT2D eigenvalue weighted by atomic mass is 32.2. The Labute approximate surface area is 145 Å². The molecule has 1 aromatic carbocycles. The molecule has 0 aliphatic heterocycles. The maximum absolute atomic E-state index is 11.8. The summed E-state index contributed by atoms with van der Waals surface area (Å²) in [6, 6.07) is 7.13. The van der Waals surface area contributed by atoms with E-state index in [9.17, 15) is 9.90 Å². The standard InChI is InChI=1S/C17H19N3O3S/c1-20(2)10-9-13-14(16(21)22)15(19-17(18-13)24-4)11-5-7-12(23-3)8-6-11/h5-10H,1-4H3,(H,21,22)/b10-9+. The van der Waals surface area contributed by atoms with Crippen molar-refractivity contribution in [1.29, 1.82) is 0 Å². The Balaban J connectivity index is 2.67. The van der Waals surface area contributed by atoms with E-state index in [0.717, 1.165) is 0 Å². The first kappa shape index (κ1) is 17.8. The molecule has 7 heteroatoms. The minimum atomic E-state index is -1.06. The van der Waals surface area contributed by atoms with E-state index in [4.69, 9.17) is 4.74 Å². The fraction of sp³-hybridized carbons (Fsp3) is 0.235. The Kier molecular flexibility index (Phi) is 5.81. The highest BCUT2D eigenvalue weighted by Gasteiger charge is 2.20. The third-order valence-corrected chi connectivity index (χ3v) is 3.75. The summed E-state index contributed by atoms with van der Waals surface area (Å²) in [6.45, 7) is 0. The van der Waals surface area contributed by atoms with Crippen molar-refractivity contribution in [3.63, 3.8) is 0 Å². The van der Waals surface area contributed by atoms with Crippen molar-refractivity contribution in [2.45, 2.75) is 5.16 Å². The molecule has 1 aromatic heterocycles. The van der Waals surface area contributed by atoms with E-state index >= 15 is 0 Å². The van der Waals surface area contributed by atoms with Crippen molar-refractivity contribution in [3.05, 3.63) is 41.7 Å². The van der Waals surface area contributed by atoms with Crippen molar-refractivity contribution in [3.8, 4) is 17.0 Å². The van der Waals surface area contributed by atoms with Crippen molar-refractivity contribution in [2.24, 2.45) is 0 Å². The lowest BCUT2D eigenvalue weighted by molar-refractivity contribution is 0.0696. The first-order valence-corrected chi connectivity index (χ1v) is 8.37. The number of carboxylic acids is 1. The first-order valence-electron chi connectivity index (χ1n) is 7.14. The maximum atomic E-state index is 11.8. The van der Waals surface area contributed by atoms with Crippen LogP contribution in [0.1, 0.15) is 16.1 Å². The Hall–Kier alpha value is -2.54. The number of ether oxygens (including phenoxy) is 1. The van der Waals surface area contributed by atoms with Gasteiger partial charge in [-0.15, -0.1) is 0 Å². The van der Waals surface area contributed by atoms with Gasteiger partial charge in [-0.2, -0.15) is 0 Å². The maximum Gasteiger partial charge on any atom is 0.340 e. The third kappa shape index (κ3) is 4.05. The predicted octanol–water partition coefficient (Wildman–Crippen LogP) is 3.10. The molecule has 0 saturated carbocycles. The molecule has 0 saturated heterocycles. The fourth-order valence-electron chi connectivity index (χ4n) is 2.06. The van der Waals surface area contributed by atoms with Crippen LogP contribution in [0, 0.1) is 0 Å². The molecule has 0 fully saturated rings. The molecule has 1 N–H and O–H groups in total. The van der Waals surface area contributed by atoms with Gasteiger partial charge < -0.3 is 14.7 Å². The number of benzene rings is 1. The summed E-state index contributed by atoms with van der Waals surface area (Å²) >= 11 is 1.37. The molecule has 126 valence electrons. The molecule has 0 radical (unpaired) electrons. The van der Waals surface area contributed by atoms with Crippen LogP contribution in [-0.2, 0) is 0 Å². The highest BCUT2D eigenvalue weighted by Crippen LogP contribution is 2.28. The van der Waals surface area contributed by atoms with Crippen LogP contribution < -0.4 is 4.74 Å². The first-order chi connectivity index (χ1) is 11.5. The van der Waals surface area contributed by atoms with E-state index in [1.807, 2.05) is 25.3 Å². The molecule has 2 aromatic rings. The summed E-state index contributed by atoms with van der Waals surface area (Å²) in [5, 5.41) is 10.2. The van der Waals surface area contributed by atoms with Crippen molar-refractivity contribution >= 4 is 23.8 Å². The van der Waals surface area contributed by atoms with E-state index in [2.05, 4.69) is 9.97 Å². The Morgan fingerprint density at radius 2 is 1.92 bits per heavy atom. The Bertz CT molecular complexity index is 758. The second kappa shape index (κ2) is 7.83. The van der Waals surface area contributed by atoms with E-state index in [0.29, 0.717) is 27.9 Å². The molecular weight excluding hydrogens is 326 g/mol. The van der Waals surface area contributed by atoms with Crippen LogP contribution in [0.3, 0.4) is 0 Å². The highest BCUT2D eigenvalue weighted by molar-refractivity contribution is 7.98. The van der Waals surface area contributed by atoms with Gasteiger partial charge in [0.05, 0.1) is 18.5 Å². The second-order valence-corrected chi connectivity index (χ2v) is 5.91. The molecule has 0 spiro atoms. The number of carbonyl (C=O) groups is 1. The van der Waals surface area contributed by atoms with Crippen LogP contribution in [0.5, 0.6) is 5.75 Å². The van der Waals surface area contributed by atoms with E-state index in [-0.39, 0.29) is 5.56 Å². The normalized spacial score (nSPS) is 10.8. The molecule has 1 heterocycles. The Morgan fingerprint density at radius 1 is 1.25 bits per heavy atom. The SMILES string of the molecule is COc1ccc(-c2nc(SC)nc(/C=C/N(C)C)c2C(=O)O)cc1. The van der Waals surface area contributed by atoms with Gasteiger partial charge in [-0.05, 0) is 36.6 Å². The lowest BCUT2D eigenvalue weighted by Gasteiger charge is -2.11. The minimum absolute atomic E-state index is 0.0797. The summed E-state index contributed by atoms with van der Waals surface area (Å²) in [4.78, 5) is 22.4. The number of aromatic carboxylic acids is 1. The summed E-state index contributed by atoms with van der Waals surface area (Å²) in [7, 11) is 5.30. The fourth-order valence-corrected chi connectivity index (χ4v) is 2.43. The molecule has 6 nitrogen and oxygen atoms in total. The van der Waals surface area contributed by atoms with E-state index < -0.39 is 5.97 Å². The lowest BCUT2D eigenvalue weighted by Crippen LogP contribution is -2.09. The average molecular weight is 345 g/mol. The largest absolute Gasteiger partial charge is 0.497 e. The molecule has 0 unspecified atom stereocenters. The van der Waals surface area contributed by atoms with Crippen LogP contribution >= 0.6 is 11.8 Å². The van der Waals surface area contributed by atoms with Gasteiger partial charge in [0.1, 0.15) is 11.3 Å². The molecular formula is C17H19N3O3S. The third-order valence-electron chi connectivity index (χ3n) is 3.21. The summed E-state index contributed by atoms with van der Waals surface area (Å²) in [5.41, 5.74) is 1.55. The lowest BCUT2D eigenvalue weighted by atomic mass is 10.0. The van der Waals surface area contributed by atoms with Gasteiger partial charge in [0, 0.05) is 25.9 Å². The number of hydrogen-bond acceptors (Lipinski definition) is 6. The Morgan fingerprint density at radius 3 is 2.42 bits per heavy atom.